The van der Waals surface area contributed by atoms with Gasteiger partial charge in [0, 0.05) is 30.6 Å². The number of pyridine rings is 2. The SMILES string of the molecule is O=C(CCc1nc(-c2ccccn2)no1)Nc1cccc2cccnc12. The van der Waals surface area contributed by atoms with Gasteiger partial charge in [0.2, 0.25) is 17.6 Å². The molecule has 1 amide bonds. The number of rotatable bonds is 5. The maximum Gasteiger partial charge on any atom is 0.227 e. The maximum atomic E-state index is 12.3. The number of carbonyl (C=O) groups excluding carboxylic acids is 1. The molecule has 0 atom stereocenters. The smallest absolute Gasteiger partial charge is 0.227 e. The molecular formula is C19H15N5O2. The highest BCUT2D eigenvalue weighted by Crippen LogP contribution is 2.21. The van der Waals surface area contributed by atoms with Gasteiger partial charge in [0.15, 0.2) is 0 Å². The Kier molecular flexibility index (Phi) is 4.34. The van der Waals surface area contributed by atoms with Gasteiger partial charge in [0.25, 0.3) is 0 Å². The van der Waals surface area contributed by atoms with Crippen LogP contribution in [0, 0.1) is 0 Å². The van der Waals surface area contributed by atoms with Crippen LogP contribution in [0.3, 0.4) is 0 Å². The summed E-state index contributed by atoms with van der Waals surface area (Å²) < 4.78 is 5.20. The molecule has 0 aliphatic carbocycles. The molecule has 3 heterocycles. The molecule has 3 aromatic heterocycles. The number of para-hydroxylation sites is 1. The van der Waals surface area contributed by atoms with E-state index in [4.69, 9.17) is 4.52 Å². The highest BCUT2D eigenvalue weighted by molar-refractivity contribution is 6.00. The Labute approximate surface area is 149 Å². The van der Waals surface area contributed by atoms with Gasteiger partial charge in [-0.2, -0.15) is 4.98 Å². The van der Waals surface area contributed by atoms with E-state index in [0.717, 1.165) is 10.9 Å². The van der Waals surface area contributed by atoms with Gasteiger partial charge in [0.05, 0.1) is 11.2 Å². The van der Waals surface area contributed by atoms with Crippen molar-refractivity contribution in [2.75, 3.05) is 5.32 Å². The van der Waals surface area contributed by atoms with Gasteiger partial charge in [-0.3, -0.25) is 14.8 Å². The molecule has 0 saturated heterocycles. The normalized spacial score (nSPS) is 10.8. The molecule has 4 aromatic rings. The van der Waals surface area contributed by atoms with Gasteiger partial charge in [0.1, 0.15) is 5.69 Å². The fraction of sp³-hybridized carbons (Fsp3) is 0.105. The second-order valence-electron chi connectivity index (χ2n) is 5.66. The summed E-state index contributed by atoms with van der Waals surface area (Å²) in [6, 6.07) is 15.0. The van der Waals surface area contributed by atoms with E-state index in [-0.39, 0.29) is 12.3 Å². The highest BCUT2D eigenvalue weighted by Gasteiger charge is 2.12. The van der Waals surface area contributed by atoms with E-state index in [1.54, 1.807) is 18.5 Å². The molecule has 7 nitrogen and oxygen atoms in total. The zero-order chi connectivity index (χ0) is 17.8. The standard InChI is InChI=1S/C19H15N5O2/c25-16(22-14-8-3-5-13-6-4-12-21-18(13)14)9-10-17-23-19(24-26-17)15-7-1-2-11-20-15/h1-8,11-12H,9-10H2,(H,22,25). The van der Waals surface area contributed by atoms with Crippen LogP contribution >= 0.6 is 0 Å². The predicted molar refractivity (Wildman–Crippen MR) is 96.2 cm³/mol. The number of amides is 1. The molecule has 4 rings (SSSR count). The molecule has 0 unspecified atom stereocenters. The van der Waals surface area contributed by atoms with Crippen molar-refractivity contribution in [2.45, 2.75) is 12.8 Å². The molecule has 0 aliphatic heterocycles. The van der Waals surface area contributed by atoms with Crippen molar-refractivity contribution in [1.29, 1.82) is 0 Å². The molecule has 128 valence electrons. The quantitative estimate of drug-likeness (QED) is 0.597. The Morgan fingerprint density at radius 1 is 1.00 bits per heavy atom. The first-order valence-corrected chi connectivity index (χ1v) is 8.17. The molecule has 1 aromatic carbocycles. The monoisotopic (exact) mass is 345 g/mol. The lowest BCUT2D eigenvalue weighted by atomic mass is 10.2. The third-order valence-corrected chi connectivity index (χ3v) is 3.83. The van der Waals surface area contributed by atoms with Crippen molar-refractivity contribution < 1.29 is 9.32 Å². The Morgan fingerprint density at radius 3 is 2.77 bits per heavy atom. The highest BCUT2D eigenvalue weighted by atomic mass is 16.5. The summed E-state index contributed by atoms with van der Waals surface area (Å²) >= 11 is 0. The molecule has 0 radical (unpaired) electrons. The van der Waals surface area contributed by atoms with E-state index in [1.165, 1.54) is 0 Å². The van der Waals surface area contributed by atoms with Gasteiger partial charge in [-0.1, -0.05) is 29.4 Å². The summed E-state index contributed by atoms with van der Waals surface area (Å²) in [6.45, 7) is 0. The second kappa shape index (κ2) is 7.10. The van der Waals surface area contributed by atoms with Crippen molar-refractivity contribution in [3.63, 3.8) is 0 Å². The third kappa shape index (κ3) is 3.41. The van der Waals surface area contributed by atoms with Crippen LogP contribution < -0.4 is 5.32 Å². The average molecular weight is 345 g/mol. The molecule has 0 bridgehead atoms. The first-order valence-electron chi connectivity index (χ1n) is 8.17. The number of nitrogens with one attached hydrogen (secondary N) is 1. The van der Waals surface area contributed by atoms with E-state index >= 15 is 0 Å². The van der Waals surface area contributed by atoms with Crippen molar-refractivity contribution in [2.24, 2.45) is 0 Å². The second-order valence-corrected chi connectivity index (χ2v) is 5.66. The van der Waals surface area contributed by atoms with Crippen LogP contribution in [0.1, 0.15) is 12.3 Å². The molecule has 26 heavy (non-hydrogen) atoms. The average Bonchev–Trinajstić information content (AvgIpc) is 3.17. The molecule has 1 N–H and O–H groups in total. The van der Waals surface area contributed by atoms with Gasteiger partial charge in [-0.15, -0.1) is 0 Å². The van der Waals surface area contributed by atoms with Crippen LogP contribution in [0.15, 0.2) is 65.4 Å². The number of fused-ring (bicyclic) bond motifs is 1. The van der Waals surface area contributed by atoms with Crippen LogP contribution in [0.5, 0.6) is 0 Å². The van der Waals surface area contributed by atoms with Crippen molar-refractivity contribution >= 4 is 22.5 Å². The summed E-state index contributed by atoms with van der Waals surface area (Å²) in [7, 11) is 0. The van der Waals surface area contributed by atoms with Gasteiger partial charge >= 0.3 is 0 Å². The van der Waals surface area contributed by atoms with E-state index < -0.39 is 0 Å². The largest absolute Gasteiger partial charge is 0.339 e. The molecule has 0 spiro atoms. The molecule has 0 saturated carbocycles. The number of nitrogens with zero attached hydrogens (tertiary/aromatic N) is 4. The molecule has 7 heteroatoms. The predicted octanol–water partition coefficient (Wildman–Crippen LogP) is 3.25. The maximum absolute atomic E-state index is 12.3. The first kappa shape index (κ1) is 15.9. The number of hydrogen-bond donors (Lipinski definition) is 1. The Hall–Kier alpha value is -3.61. The van der Waals surface area contributed by atoms with Crippen molar-refractivity contribution in [3.8, 4) is 11.5 Å². The third-order valence-electron chi connectivity index (χ3n) is 3.83. The summed E-state index contributed by atoms with van der Waals surface area (Å²) in [5, 5.41) is 7.76. The topological polar surface area (TPSA) is 93.8 Å². The van der Waals surface area contributed by atoms with Gasteiger partial charge in [-0.25, -0.2) is 0 Å². The van der Waals surface area contributed by atoms with E-state index in [0.29, 0.717) is 29.5 Å². The minimum Gasteiger partial charge on any atom is -0.339 e. The van der Waals surface area contributed by atoms with E-state index in [2.05, 4.69) is 25.4 Å². The Balaban J connectivity index is 1.41. The van der Waals surface area contributed by atoms with E-state index in [9.17, 15) is 4.79 Å². The van der Waals surface area contributed by atoms with E-state index in [1.807, 2.05) is 42.5 Å². The van der Waals surface area contributed by atoms with Crippen LogP contribution in [0.25, 0.3) is 22.4 Å². The summed E-state index contributed by atoms with van der Waals surface area (Å²) in [5.41, 5.74) is 2.08. The molecule has 0 aliphatic rings. The lowest BCUT2D eigenvalue weighted by Crippen LogP contribution is -2.13. The first-order chi connectivity index (χ1) is 12.8. The molecular weight excluding hydrogens is 330 g/mol. The Bertz CT molecular complexity index is 1040. The van der Waals surface area contributed by atoms with Gasteiger partial charge < -0.3 is 9.84 Å². The summed E-state index contributed by atoms with van der Waals surface area (Å²) in [4.78, 5) is 25.0. The van der Waals surface area contributed by atoms with Crippen LogP contribution in [-0.4, -0.2) is 26.0 Å². The lowest BCUT2D eigenvalue weighted by molar-refractivity contribution is -0.116. The van der Waals surface area contributed by atoms with Crippen LogP contribution in [0.2, 0.25) is 0 Å². The van der Waals surface area contributed by atoms with Crippen molar-refractivity contribution in [3.05, 3.63) is 66.8 Å². The number of benzene rings is 1. The minimum atomic E-state index is -0.138. The van der Waals surface area contributed by atoms with Crippen LogP contribution in [0.4, 0.5) is 5.69 Å². The number of aryl methyl sites for hydroxylation is 1. The fourth-order valence-corrected chi connectivity index (χ4v) is 2.59. The Morgan fingerprint density at radius 2 is 1.88 bits per heavy atom. The van der Waals surface area contributed by atoms with Crippen LogP contribution in [-0.2, 0) is 11.2 Å². The zero-order valence-corrected chi connectivity index (χ0v) is 13.8. The number of aromatic nitrogens is 4. The van der Waals surface area contributed by atoms with Crippen molar-refractivity contribution in [1.82, 2.24) is 20.1 Å². The number of anilines is 1. The lowest BCUT2D eigenvalue weighted by Gasteiger charge is -2.07. The van der Waals surface area contributed by atoms with Gasteiger partial charge in [-0.05, 0) is 24.3 Å². The minimum absolute atomic E-state index is 0.138. The number of carbonyl (C=O) groups is 1. The summed E-state index contributed by atoms with van der Waals surface area (Å²) in [6.07, 6.45) is 3.95. The summed E-state index contributed by atoms with van der Waals surface area (Å²) in [5.74, 6) is 0.678. The molecule has 0 fully saturated rings. The number of hydrogen-bond acceptors (Lipinski definition) is 6. The zero-order valence-electron chi connectivity index (χ0n) is 13.8. The fourth-order valence-electron chi connectivity index (χ4n) is 2.59.